The van der Waals surface area contributed by atoms with Crippen LogP contribution in [0.25, 0.3) is 10.9 Å². The van der Waals surface area contributed by atoms with Crippen molar-refractivity contribution in [3.8, 4) is 0 Å². The monoisotopic (exact) mass is 529 g/mol. The molecule has 0 atom stereocenters. The predicted octanol–water partition coefficient (Wildman–Crippen LogP) is 6.65. The number of anilines is 3. The minimum Gasteiger partial charge on any atom is -0.356 e. The lowest BCUT2D eigenvalue weighted by atomic mass is 10.2. The highest BCUT2D eigenvalue weighted by molar-refractivity contribution is 7.90. The Hall–Kier alpha value is -4.07. The summed E-state index contributed by atoms with van der Waals surface area (Å²) in [6.07, 6.45) is 1.54. The van der Waals surface area contributed by atoms with Gasteiger partial charge in [0.1, 0.15) is 6.54 Å². The third-order valence-electron chi connectivity index (χ3n) is 5.90. The van der Waals surface area contributed by atoms with Gasteiger partial charge in [-0.15, -0.1) is 0 Å². The van der Waals surface area contributed by atoms with Crippen LogP contribution in [0, 0.1) is 0 Å². The molecule has 5 rings (SSSR count). The van der Waals surface area contributed by atoms with Crippen LogP contribution in [-0.2, 0) is 26.9 Å². The summed E-state index contributed by atoms with van der Waals surface area (Å²) in [7, 11) is -3.66. The van der Waals surface area contributed by atoms with E-state index in [0.717, 1.165) is 11.4 Å². The zero-order valence-corrected chi connectivity index (χ0v) is 21.3. The second-order valence-corrected chi connectivity index (χ2v) is 11.0. The van der Waals surface area contributed by atoms with Crippen molar-refractivity contribution in [3.63, 3.8) is 0 Å². The van der Waals surface area contributed by atoms with Crippen molar-refractivity contribution in [2.45, 2.75) is 17.2 Å². The highest BCUT2D eigenvalue weighted by atomic mass is 35.5. The van der Waals surface area contributed by atoms with Crippen LogP contribution in [0.4, 0.5) is 17.1 Å². The molecule has 0 radical (unpaired) electrons. The van der Waals surface area contributed by atoms with Crippen molar-refractivity contribution in [2.75, 3.05) is 10.6 Å². The summed E-state index contributed by atoms with van der Waals surface area (Å²) in [4.78, 5) is 13.1. The predicted molar refractivity (Wildman–Crippen MR) is 149 cm³/mol. The molecule has 0 bridgehead atoms. The molecule has 1 amide bonds. The Morgan fingerprint density at radius 3 is 2.11 bits per heavy atom. The minimum absolute atomic E-state index is 0.0268. The molecule has 0 aliphatic heterocycles. The number of hydrogen-bond donors (Lipinski definition) is 2. The van der Waals surface area contributed by atoms with Gasteiger partial charge in [-0.2, -0.15) is 0 Å². The number of benzene rings is 4. The molecule has 0 aliphatic carbocycles. The lowest BCUT2D eigenvalue weighted by Gasteiger charge is -2.09. The van der Waals surface area contributed by atoms with Gasteiger partial charge in [0, 0.05) is 39.2 Å². The quantitative estimate of drug-likeness (QED) is 0.236. The molecule has 0 spiro atoms. The van der Waals surface area contributed by atoms with Crippen LogP contribution >= 0.6 is 11.6 Å². The Balaban J connectivity index is 1.32. The molecule has 2 N–H and O–H groups in total. The van der Waals surface area contributed by atoms with Crippen molar-refractivity contribution in [1.29, 1.82) is 0 Å². The Labute approximate surface area is 220 Å². The Bertz CT molecular complexity index is 1650. The van der Waals surface area contributed by atoms with E-state index in [4.69, 9.17) is 11.6 Å². The number of nitrogens with zero attached hydrogens (tertiary/aromatic N) is 1. The second kappa shape index (κ2) is 10.5. The standard InChI is InChI=1S/C29H24ClN3O3S/c30-22-12-10-21(11-13-22)20-37(35,36)28-18-33(27-9-5-4-8-26(27)28)19-29(34)32-25-16-14-24(15-17-25)31-23-6-2-1-3-7-23/h1-18,31H,19-20H2,(H,32,34). The maximum Gasteiger partial charge on any atom is 0.244 e. The third kappa shape index (κ3) is 5.85. The van der Waals surface area contributed by atoms with Gasteiger partial charge in [-0.05, 0) is 60.2 Å². The molecule has 4 aromatic carbocycles. The number of para-hydroxylation sites is 2. The highest BCUT2D eigenvalue weighted by Gasteiger charge is 2.22. The van der Waals surface area contributed by atoms with Gasteiger partial charge in [0.15, 0.2) is 9.84 Å². The number of hydrogen-bond acceptors (Lipinski definition) is 4. The largest absolute Gasteiger partial charge is 0.356 e. The summed E-state index contributed by atoms with van der Waals surface area (Å²) in [5.74, 6) is -0.417. The van der Waals surface area contributed by atoms with Crippen LogP contribution in [0.1, 0.15) is 5.56 Å². The summed E-state index contributed by atoms with van der Waals surface area (Å²) in [5, 5.41) is 7.32. The van der Waals surface area contributed by atoms with Crippen molar-refractivity contribution >= 4 is 55.3 Å². The van der Waals surface area contributed by atoms with Gasteiger partial charge in [-0.3, -0.25) is 4.79 Å². The SMILES string of the molecule is O=C(Cn1cc(S(=O)(=O)Cc2ccc(Cl)cc2)c2ccccc21)Nc1ccc(Nc2ccccc2)cc1. The topological polar surface area (TPSA) is 80.2 Å². The summed E-state index contributed by atoms with van der Waals surface area (Å²) in [5.41, 5.74) is 3.84. The van der Waals surface area contributed by atoms with Gasteiger partial charge in [-0.1, -0.05) is 60.1 Å². The lowest BCUT2D eigenvalue weighted by molar-refractivity contribution is -0.116. The number of nitrogens with one attached hydrogen (secondary N) is 2. The van der Waals surface area contributed by atoms with Gasteiger partial charge in [-0.25, -0.2) is 8.42 Å². The van der Waals surface area contributed by atoms with Crippen molar-refractivity contribution in [2.24, 2.45) is 0 Å². The maximum atomic E-state index is 13.3. The average molecular weight is 530 g/mol. The molecule has 0 saturated heterocycles. The fourth-order valence-corrected chi connectivity index (χ4v) is 5.86. The molecular formula is C29H24ClN3O3S. The fraction of sp³-hybridized carbons (Fsp3) is 0.0690. The number of sulfone groups is 1. The molecule has 6 nitrogen and oxygen atoms in total. The first-order valence-corrected chi connectivity index (χ1v) is 13.7. The number of carbonyl (C=O) groups excluding carboxylic acids is 1. The second-order valence-electron chi connectivity index (χ2n) is 8.64. The van der Waals surface area contributed by atoms with Gasteiger partial charge >= 0.3 is 0 Å². The zero-order chi connectivity index (χ0) is 25.8. The van der Waals surface area contributed by atoms with Crippen molar-refractivity contribution in [3.05, 3.63) is 120 Å². The lowest BCUT2D eigenvalue weighted by Crippen LogP contribution is -2.18. The van der Waals surface area contributed by atoms with E-state index in [1.807, 2.05) is 66.7 Å². The number of halogens is 1. The van der Waals surface area contributed by atoms with E-state index in [-0.39, 0.29) is 23.1 Å². The maximum absolute atomic E-state index is 13.3. The number of aromatic nitrogens is 1. The molecule has 0 saturated carbocycles. The highest BCUT2D eigenvalue weighted by Crippen LogP contribution is 2.28. The van der Waals surface area contributed by atoms with Gasteiger partial charge in [0.25, 0.3) is 0 Å². The Kier molecular flexibility index (Phi) is 6.99. The van der Waals surface area contributed by atoms with Crippen LogP contribution in [0.5, 0.6) is 0 Å². The van der Waals surface area contributed by atoms with Gasteiger partial charge in [0.2, 0.25) is 5.91 Å². The number of rotatable bonds is 8. The smallest absolute Gasteiger partial charge is 0.244 e. The van der Waals surface area contributed by atoms with Gasteiger partial charge < -0.3 is 15.2 Å². The third-order valence-corrected chi connectivity index (χ3v) is 7.86. The van der Waals surface area contributed by atoms with Gasteiger partial charge in [0.05, 0.1) is 10.6 Å². The molecular weight excluding hydrogens is 506 g/mol. The first kappa shape index (κ1) is 24.6. The molecule has 8 heteroatoms. The minimum atomic E-state index is -3.66. The molecule has 37 heavy (non-hydrogen) atoms. The first-order chi connectivity index (χ1) is 17.9. The van der Waals surface area contributed by atoms with E-state index in [2.05, 4.69) is 10.6 Å². The molecule has 0 aliphatic rings. The Morgan fingerprint density at radius 2 is 1.38 bits per heavy atom. The van der Waals surface area contributed by atoms with E-state index in [1.54, 1.807) is 47.2 Å². The summed E-state index contributed by atoms with van der Waals surface area (Å²) in [6, 6.07) is 31.1. The van der Waals surface area contributed by atoms with E-state index >= 15 is 0 Å². The van der Waals surface area contributed by atoms with Crippen molar-refractivity contribution in [1.82, 2.24) is 4.57 Å². The molecule has 0 unspecified atom stereocenters. The molecule has 1 heterocycles. The number of amides is 1. The number of fused-ring (bicyclic) bond motifs is 1. The van der Waals surface area contributed by atoms with E-state index in [0.29, 0.717) is 27.2 Å². The normalized spacial score (nSPS) is 11.4. The summed E-state index contributed by atoms with van der Waals surface area (Å²) >= 11 is 5.93. The zero-order valence-electron chi connectivity index (χ0n) is 19.8. The first-order valence-electron chi connectivity index (χ1n) is 11.6. The molecule has 1 aromatic heterocycles. The number of carbonyl (C=O) groups is 1. The van der Waals surface area contributed by atoms with Crippen LogP contribution < -0.4 is 10.6 Å². The van der Waals surface area contributed by atoms with E-state index in [1.165, 1.54) is 0 Å². The van der Waals surface area contributed by atoms with Crippen LogP contribution in [0.3, 0.4) is 0 Å². The Morgan fingerprint density at radius 1 is 0.757 bits per heavy atom. The average Bonchev–Trinajstić information content (AvgIpc) is 3.26. The van der Waals surface area contributed by atoms with E-state index < -0.39 is 9.84 Å². The summed E-state index contributed by atoms with van der Waals surface area (Å²) in [6.45, 7) is -0.0268. The fourth-order valence-electron chi connectivity index (χ4n) is 4.15. The van der Waals surface area contributed by atoms with E-state index in [9.17, 15) is 13.2 Å². The molecule has 0 fully saturated rings. The summed E-state index contributed by atoms with van der Waals surface area (Å²) < 4.78 is 28.3. The molecule has 186 valence electrons. The van der Waals surface area contributed by atoms with Crippen LogP contribution in [0.15, 0.2) is 114 Å². The van der Waals surface area contributed by atoms with Crippen LogP contribution in [0.2, 0.25) is 5.02 Å². The molecule has 5 aromatic rings. The van der Waals surface area contributed by atoms with Crippen molar-refractivity contribution < 1.29 is 13.2 Å². The van der Waals surface area contributed by atoms with Crippen LogP contribution in [-0.4, -0.2) is 18.9 Å².